The largest absolute Gasteiger partial charge is 0.481 e. The van der Waals surface area contributed by atoms with Crippen LogP contribution in [0.2, 0.25) is 0 Å². The fraction of sp³-hybridized carbons (Fsp3) is 0.909. The Labute approximate surface area is 85.9 Å². The van der Waals surface area contributed by atoms with Gasteiger partial charge in [-0.3, -0.25) is 4.79 Å². The highest BCUT2D eigenvalue weighted by molar-refractivity contribution is 5.66. The predicted octanol–water partition coefficient (Wildman–Crippen LogP) is 2.02. The normalized spacial score (nSPS) is 20.6. The Kier molecular flexibility index (Phi) is 4.39. The maximum atomic E-state index is 10.6. The minimum absolute atomic E-state index is 0.269. The van der Waals surface area contributed by atoms with E-state index in [1.807, 2.05) is 7.05 Å². The van der Waals surface area contributed by atoms with E-state index in [4.69, 9.17) is 5.11 Å². The number of hydrogen-bond acceptors (Lipinski definition) is 2. The van der Waals surface area contributed by atoms with Crippen molar-refractivity contribution in [2.45, 2.75) is 44.9 Å². The minimum Gasteiger partial charge on any atom is -0.481 e. The Hall–Kier alpha value is -0.570. The molecule has 0 aromatic heterocycles. The molecule has 1 aliphatic carbocycles. The van der Waals surface area contributed by atoms with E-state index in [0.29, 0.717) is 6.42 Å². The molecule has 0 radical (unpaired) electrons. The summed E-state index contributed by atoms with van der Waals surface area (Å²) in [6.45, 7) is 0.972. The van der Waals surface area contributed by atoms with E-state index in [-0.39, 0.29) is 5.41 Å². The number of rotatable bonds is 5. The van der Waals surface area contributed by atoms with Crippen molar-refractivity contribution >= 4 is 5.97 Å². The van der Waals surface area contributed by atoms with Crippen LogP contribution in [0.1, 0.15) is 44.9 Å². The summed E-state index contributed by atoms with van der Waals surface area (Å²) in [5.41, 5.74) is 0.269. The topological polar surface area (TPSA) is 49.3 Å². The summed E-state index contributed by atoms with van der Waals surface area (Å²) in [5.74, 6) is -0.661. The number of aliphatic carboxylic acids is 1. The molecule has 2 N–H and O–H groups in total. The molecule has 1 rings (SSSR count). The lowest BCUT2D eigenvalue weighted by atomic mass is 9.71. The molecule has 1 saturated carbocycles. The highest BCUT2D eigenvalue weighted by Crippen LogP contribution is 2.39. The molecule has 0 aliphatic heterocycles. The molecule has 1 fully saturated rings. The van der Waals surface area contributed by atoms with Crippen molar-refractivity contribution in [2.24, 2.45) is 5.41 Å². The highest BCUT2D eigenvalue weighted by Gasteiger charge is 2.31. The summed E-state index contributed by atoms with van der Waals surface area (Å²) in [6, 6.07) is 0. The molecule has 3 nitrogen and oxygen atoms in total. The fourth-order valence-electron chi connectivity index (χ4n) is 2.56. The standard InChI is InChI=1S/C11H21NO2/c1-12-9-11(8-5-10(13)14)6-3-2-4-7-11/h12H,2-9H2,1H3,(H,13,14). The summed E-state index contributed by atoms with van der Waals surface area (Å²) >= 11 is 0. The molecule has 82 valence electrons. The van der Waals surface area contributed by atoms with Gasteiger partial charge in [0.1, 0.15) is 0 Å². The first-order valence-corrected chi connectivity index (χ1v) is 5.55. The lowest BCUT2D eigenvalue weighted by Crippen LogP contribution is -2.35. The quantitative estimate of drug-likeness (QED) is 0.712. The summed E-state index contributed by atoms with van der Waals surface area (Å²) < 4.78 is 0. The first-order valence-electron chi connectivity index (χ1n) is 5.55. The number of carboxylic acid groups (broad SMARTS) is 1. The Morgan fingerprint density at radius 2 is 2.00 bits per heavy atom. The summed E-state index contributed by atoms with van der Waals surface area (Å²) in [5, 5.41) is 11.9. The van der Waals surface area contributed by atoms with E-state index in [0.717, 1.165) is 13.0 Å². The van der Waals surface area contributed by atoms with Gasteiger partial charge < -0.3 is 10.4 Å². The van der Waals surface area contributed by atoms with Gasteiger partial charge >= 0.3 is 5.97 Å². The first kappa shape index (κ1) is 11.5. The number of nitrogens with one attached hydrogen (secondary N) is 1. The second-order valence-electron chi connectivity index (χ2n) is 4.48. The van der Waals surface area contributed by atoms with Gasteiger partial charge in [-0.05, 0) is 31.7 Å². The molecular formula is C11H21NO2. The van der Waals surface area contributed by atoms with Gasteiger partial charge in [0.15, 0.2) is 0 Å². The first-order chi connectivity index (χ1) is 6.68. The van der Waals surface area contributed by atoms with Gasteiger partial charge in [-0.1, -0.05) is 19.3 Å². The van der Waals surface area contributed by atoms with E-state index >= 15 is 0 Å². The average Bonchev–Trinajstić information content (AvgIpc) is 2.17. The van der Waals surface area contributed by atoms with Crippen LogP contribution in [0.25, 0.3) is 0 Å². The maximum Gasteiger partial charge on any atom is 0.303 e. The van der Waals surface area contributed by atoms with Crippen LogP contribution in [0, 0.1) is 5.41 Å². The van der Waals surface area contributed by atoms with Gasteiger partial charge in [0.2, 0.25) is 0 Å². The van der Waals surface area contributed by atoms with Crippen LogP contribution in [-0.2, 0) is 4.79 Å². The molecule has 0 saturated heterocycles. The molecule has 0 heterocycles. The molecule has 0 unspecified atom stereocenters. The van der Waals surface area contributed by atoms with Crippen molar-refractivity contribution in [3.63, 3.8) is 0 Å². The van der Waals surface area contributed by atoms with E-state index in [1.54, 1.807) is 0 Å². The molecule has 0 amide bonds. The monoisotopic (exact) mass is 199 g/mol. The lowest BCUT2D eigenvalue weighted by Gasteiger charge is -2.37. The Bertz CT molecular complexity index is 180. The Balaban J connectivity index is 2.46. The summed E-state index contributed by atoms with van der Waals surface area (Å²) in [7, 11) is 1.96. The molecule has 0 aromatic carbocycles. The van der Waals surface area contributed by atoms with Gasteiger partial charge in [-0.2, -0.15) is 0 Å². The smallest absolute Gasteiger partial charge is 0.303 e. The molecule has 0 bridgehead atoms. The zero-order valence-corrected chi connectivity index (χ0v) is 9.01. The minimum atomic E-state index is -0.661. The Morgan fingerprint density at radius 1 is 1.36 bits per heavy atom. The van der Waals surface area contributed by atoms with Crippen molar-refractivity contribution in [3.8, 4) is 0 Å². The third-order valence-electron chi connectivity index (χ3n) is 3.34. The number of hydrogen-bond donors (Lipinski definition) is 2. The van der Waals surface area contributed by atoms with Gasteiger partial charge in [-0.25, -0.2) is 0 Å². The third kappa shape index (κ3) is 3.29. The zero-order chi connectivity index (χ0) is 10.4. The van der Waals surface area contributed by atoms with Crippen molar-refractivity contribution in [2.75, 3.05) is 13.6 Å². The molecule has 14 heavy (non-hydrogen) atoms. The second kappa shape index (κ2) is 5.35. The van der Waals surface area contributed by atoms with Crippen LogP contribution in [0.4, 0.5) is 0 Å². The lowest BCUT2D eigenvalue weighted by molar-refractivity contribution is -0.137. The van der Waals surface area contributed by atoms with Crippen molar-refractivity contribution < 1.29 is 9.90 Å². The molecular weight excluding hydrogens is 178 g/mol. The van der Waals surface area contributed by atoms with Gasteiger partial charge in [0.05, 0.1) is 0 Å². The maximum absolute atomic E-state index is 10.6. The van der Waals surface area contributed by atoms with Crippen molar-refractivity contribution in [1.29, 1.82) is 0 Å². The van der Waals surface area contributed by atoms with Crippen LogP contribution < -0.4 is 5.32 Å². The Morgan fingerprint density at radius 3 is 2.50 bits per heavy atom. The van der Waals surface area contributed by atoms with Gasteiger partial charge in [0, 0.05) is 13.0 Å². The van der Waals surface area contributed by atoms with E-state index in [9.17, 15) is 4.79 Å². The third-order valence-corrected chi connectivity index (χ3v) is 3.34. The predicted molar refractivity (Wildman–Crippen MR) is 56.3 cm³/mol. The molecule has 0 spiro atoms. The average molecular weight is 199 g/mol. The molecule has 0 atom stereocenters. The van der Waals surface area contributed by atoms with Crippen LogP contribution in [0.15, 0.2) is 0 Å². The van der Waals surface area contributed by atoms with Crippen LogP contribution in [0.3, 0.4) is 0 Å². The SMILES string of the molecule is CNCC1(CCC(=O)O)CCCCC1. The van der Waals surface area contributed by atoms with Crippen LogP contribution in [0.5, 0.6) is 0 Å². The van der Waals surface area contributed by atoms with Crippen molar-refractivity contribution in [1.82, 2.24) is 5.32 Å². The summed E-state index contributed by atoms with van der Waals surface area (Å²) in [4.78, 5) is 10.6. The van der Waals surface area contributed by atoms with Crippen molar-refractivity contribution in [3.05, 3.63) is 0 Å². The molecule has 1 aliphatic rings. The molecule has 3 heteroatoms. The van der Waals surface area contributed by atoms with Gasteiger partial charge in [-0.15, -0.1) is 0 Å². The fourth-order valence-corrected chi connectivity index (χ4v) is 2.56. The highest BCUT2D eigenvalue weighted by atomic mass is 16.4. The van der Waals surface area contributed by atoms with Crippen LogP contribution >= 0.6 is 0 Å². The number of carboxylic acids is 1. The number of carbonyl (C=O) groups is 1. The van der Waals surface area contributed by atoms with E-state index in [1.165, 1.54) is 32.1 Å². The van der Waals surface area contributed by atoms with E-state index in [2.05, 4.69) is 5.32 Å². The van der Waals surface area contributed by atoms with Gasteiger partial charge in [0.25, 0.3) is 0 Å². The summed E-state index contributed by atoms with van der Waals surface area (Å²) in [6.07, 6.45) is 7.40. The van der Waals surface area contributed by atoms with E-state index < -0.39 is 5.97 Å². The zero-order valence-electron chi connectivity index (χ0n) is 9.01. The molecule has 0 aromatic rings. The second-order valence-corrected chi connectivity index (χ2v) is 4.48. The van der Waals surface area contributed by atoms with Crippen LogP contribution in [-0.4, -0.2) is 24.7 Å².